The molecule has 3 nitrogen and oxygen atoms in total. The molecule has 2 rings (SSSR count). The zero-order valence-electron chi connectivity index (χ0n) is 19.7. The summed E-state index contributed by atoms with van der Waals surface area (Å²) < 4.78 is 78.6. The predicted octanol–water partition coefficient (Wildman–Crippen LogP) is 6.52. The van der Waals surface area contributed by atoms with Crippen LogP contribution in [0, 0.1) is 22.7 Å². The molecular weight excluding hydrogens is 450 g/mol. The number of Topliss-reactive ketones (excluding diaryl/α,β-unsaturated/α-hetero) is 1. The molecule has 0 radical (unpaired) electrons. The molecule has 2 N–H and O–H groups in total. The summed E-state index contributed by atoms with van der Waals surface area (Å²) in [5.74, 6) is -0.0316. The lowest BCUT2D eigenvalue weighted by Crippen LogP contribution is -2.55. The van der Waals surface area contributed by atoms with Crippen molar-refractivity contribution in [3.8, 4) is 0 Å². The molecule has 192 valence electrons. The lowest BCUT2D eigenvalue weighted by molar-refractivity contribution is -0.347. The van der Waals surface area contributed by atoms with Crippen molar-refractivity contribution in [2.45, 2.75) is 109 Å². The van der Waals surface area contributed by atoms with Crippen molar-refractivity contribution >= 4 is 5.78 Å². The van der Waals surface area contributed by atoms with Gasteiger partial charge in [-0.1, -0.05) is 26.3 Å². The van der Waals surface area contributed by atoms with Crippen molar-refractivity contribution in [1.29, 1.82) is 0 Å². The van der Waals surface area contributed by atoms with E-state index >= 15 is 0 Å². The van der Waals surface area contributed by atoms with Crippen LogP contribution in [0.2, 0.25) is 0 Å². The second-order valence-electron chi connectivity index (χ2n) is 11.2. The molecule has 2 aliphatic carbocycles. The Kier molecular flexibility index (Phi) is 7.82. The second kappa shape index (κ2) is 9.17. The fourth-order valence-electron chi connectivity index (χ4n) is 6.27. The summed E-state index contributed by atoms with van der Waals surface area (Å²) >= 11 is 0. The van der Waals surface area contributed by atoms with E-state index in [-0.39, 0.29) is 35.5 Å². The Morgan fingerprint density at radius 3 is 2.09 bits per heavy atom. The van der Waals surface area contributed by atoms with Gasteiger partial charge in [0.1, 0.15) is 5.78 Å². The number of halogens is 6. The summed E-state index contributed by atoms with van der Waals surface area (Å²) in [6.45, 7) is 7.15. The smallest absolute Gasteiger partial charge is 0.390 e. The summed E-state index contributed by atoms with van der Waals surface area (Å²) in [5, 5.41) is 19.6. The number of allylic oxidation sites excluding steroid dienone is 1. The monoisotopic (exact) mass is 486 g/mol. The fraction of sp³-hybridized carbons (Fsp3) is 0.875. The van der Waals surface area contributed by atoms with E-state index < -0.39 is 29.0 Å². The topological polar surface area (TPSA) is 57.5 Å². The first-order valence-electron chi connectivity index (χ1n) is 11.6. The number of aliphatic hydroxyl groups is 2. The number of alkyl halides is 6. The van der Waals surface area contributed by atoms with Gasteiger partial charge in [-0.3, -0.25) is 4.79 Å². The quantitative estimate of drug-likeness (QED) is 0.303. The SMILES string of the molecule is CC(C)(O)CCCC(C)(CC=CC(O)(C(F)(F)F)C(F)(F)F)C1CCC2C(=O)CCC[C@@]21C. The third kappa shape index (κ3) is 5.77. The maximum absolute atomic E-state index is 13.1. The molecule has 0 aromatic carbocycles. The standard InChI is InChI=1S/C24H36F6O3/c1-19(2,32)11-6-12-20(3,13-7-15-22(33,23(25,26)27)24(28,29)30)18-10-9-16-17(31)8-5-14-21(16,18)4/h7,15-16,18,32-33H,5-6,8-14H2,1-4H3/t16?,18?,20?,21-/m0/s1. The van der Waals surface area contributed by atoms with E-state index in [1.165, 1.54) is 0 Å². The Balaban J connectivity index is 2.36. The maximum atomic E-state index is 13.1. The van der Waals surface area contributed by atoms with E-state index in [4.69, 9.17) is 0 Å². The third-order valence-electron chi connectivity index (χ3n) is 8.05. The molecule has 33 heavy (non-hydrogen) atoms. The third-order valence-corrected chi connectivity index (χ3v) is 8.05. The van der Waals surface area contributed by atoms with Gasteiger partial charge in [-0.05, 0) is 81.6 Å². The van der Waals surface area contributed by atoms with Crippen LogP contribution in [0.1, 0.15) is 85.5 Å². The summed E-state index contributed by atoms with van der Waals surface area (Å²) in [6.07, 6.45) is -6.52. The van der Waals surface area contributed by atoms with Gasteiger partial charge in [0, 0.05) is 12.3 Å². The van der Waals surface area contributed by atoms with Crippen molar-refractivity contribution in [3.05, 3.63) is 12.2 Å². The predicted molar refractivity (Wildman–Crippen MR) is 112 cm³/mol. The molecule has 2 saturated carbocycles. The molecule has 0 heterocycles. The molecule has 0 aromatic heterocycles. The Bertz CT molecular complexity index is 722. The molecule has 0 aliphatic heterocycles. The van der Waals surface area contributed by atoms with Crippen LogP contribution in [0.4, 0.5) is 26.3 Å². The minimum absolute atomic E-state index is 0.0735. The van der Waals surface area contributed by atoms with Gasteiger partial charge in [0.05, 0.1) is 5.60 Å². The summed E-state index contributed by atoms with van der Waals surface area (Å²) in [5.41, 5.74) is -6.93. The molecule has 0 amide bonds. The number of carbonyl (C=O) groups excluding carboxylic acids is 1. The van der Waals surface area contributed by atoms with E-state index in [9.17, 15) is 41.4 Å². The van der Waals surface area contributed by atoms with Crippen molar-refractivity contribution in [2.75, 3.05) is 0 Å². The number of carbonyl (C=O) groups is 1. The highest BCUT2D eigenvalue weighted by atomic mass is 19.4. The molecule has 0 spiro atoms. The molecule has 2 fully saturated rings. The number of hydrogen-bond acceptors (Lipinski definition) is 3. The van der Waals surface area contributed by atoms with Crippen LogP contribution < -0.4 is 0 Å². The first kappa shape index (κ1) is 28.1. The molecule has 0 saturated heterocycles. The molecule has 9 heteroatoms. The van der Waals surface area contributed by atoms with Gasteiger partial charge in [-0.25, -0.2) is 0 Å². The minimum Gasteiger partial charge on any atom is -0.390 e. The van der Waals surface area contributed by atoms with Gasteiger partial charge in [0.2, 0.25) is 0 Å². The fourth-order valence-corrected chi connectivity index (χ4v) is 6.27. The average Bonchev–Trinajstić information content (AvgIpc) is 2.97. The van der Waals surface area contributed by atoms with E-state index in [0.29, 0.717) is 38.5 Å². The normalized spacial score (nSPS) is 29.4. The summed E-state index contributed by atoms with van der Waals surface area (Å²) in [4.78, 5) is 12.5. The second-order valence-corrected chi connectivity index (χ2v) is 11.2. The summed E-state index contributed by atoms with van der Waals surface area (Å²) in [6, 6.07) is 0. The highest BCUT2D eigenvalue weighted by Gasteiger charge is 2.69. The molecular formula is C24H36F6O3. The zero-order valence-corrected chi connectivity index (χ0v) is 19.7. The van der Waals surface area contributed by atoms with E-state index in [2.05, 4.69) is 0 Å². The Hall–Kier alpha value is -1.09. The van der Waals surface area contributed by atoms with Crippen LogP contribution in [0.5, 0.6) is 0 Å². The number of fused-ring (bicyclic) bond motifs is 1. The Morgan fingerprint density at radius 1 is 1.00 bits per heavy atom. The van der Waals surface area contributed by atoms with Crippen LogP contribution in [0.25, 0.3) is 0 Å². The van der Waals surface area contributed by atoms with Crippen LogP contribution in [0.3, 0.4) is 0 Å². The number of ketones is 1. The lowest BCUT2D eigenvalue weighted by Gasteiger charge is -2.48. The molecule has 0 aromatic rings. The van der Waals surface area contributed by atoms with Crippen molar-refractivity contribution in [3.63, 3.8) is 0 Å². The Morgan fingerprint density at radius 2 is 1.58 bits per heavy atom. The van der Waals surface area contributed by atoms with Crippen LogP contribution in [0.15, 0.2) is 12.2 Å². The van der Waals surface area contributed by atoms with Crippen molar-refractivity contribution in [1.82, 2.24) is 0 Å². The number of hydrogen-bond donors (Lipinski definition) is 2. The van der Waals surface area contributed by atoms with Gasteiger partial charge in [0.25, 0.3) is 5.60 Å². The van der Waals surface area contributed by atoms with Gasteiger partial charge in [0.15, 0.2) is 0 Å². The van der Waals surface area contributed by atoms with E-state index in [1.54, 1.807) is 13.8 Å². The lowest BCUT2D eigenvalue weighted by atomic mass is 9.56. The number of rotatable bonds is 8. The van der Waals surface area contributed by atoms with E-state index in [0.717, 1.165) is 18.9 Å². The molecule has 4 atom stereocenters. The summed E-state index contributed by atoms with van der Waals surface area (Å²) in [7, 11) is 0. The van der Waals surface area contributed by atoms with Crippen molar-refractivity contribution < 1.29 is 41.4 Å². The Labute approximate surface area is 191 Å². The zero-order chi connectivity index (χ0) is 25.5. The maximum Gasteiger partial charge on any atom is 0.429 e. The highest BCUT2D eigenvalue weighted by molar-refractivity contribution is 5.83. The minimum atomic E-state index is -5.90. The molecule has 0 bridgehead atoms. The van der Waals surface area contributed by atoms with Gasteiger partial charge >= 0.3 is 12.4 Å². The molecule has 3 unspecified atom stereocenters. The van der Waals surface area contributed by atoms with Gasteiger partial charge in [-0.2, -0.15) is 26.3 Å². The largest absolute Gasteiger partial charge is 0.429 e. The first-order chi connectivity index (χ1) is 14.8. The van der Waals surface area contributed by atoms with Crippen LogP contribution in [-0.2, 0) is 4.79 Å². The van der Waals surface area contributed by atoms with Gasteiger partial charge < -0.3 is 10.2 Å². The van der Waals surface area contributed by atoms with E-state index in [1.807, 2.05) is 13.8 Å². The average molecular weight is 487 g/mol. The molecule has 2 aliphatic rings. The van der Waals surface area contributed by atoms with Crippen molar-refractivity contribution in [2.24, 2.45) is 22.7 Å². The highest BCUT2D eigenvalue weighted by Crippen LogP contribution is 2.61. The van der Waals surface area contributed by atoms with Crippen LogP contribution in [-0.4, -0.2) is 39.6 Å². The first-order valence-corrected chi connectivity index (χ1v) is 11.6. The van der Waals surface area contributed by atoms with Crippen LogP contribution >= 0.6 is 0 Å². The van der Waals surface area contributed by atoms with Gasteiger partial charge in [-0.15, -0.1) is 0 Å².